The van der Waals surface area contributed by atoms with E-state index in [4.69, 9.17) is 5.73 Å². The number of aryl methyl sites for hydroxylation is 1. The number of imidazole rings is 1. The molecule has 18 heavy (non-hydrogen) atoms. The number of nitrogens with zero attached hydrogens (tertiary/aromatic N) is 1. The van der Waals surface area contributed by atoms with E-state index in [1.165, 1.54) is 11.3 Å². The van der Waals surface area contributed by atoms with Crippen LogP contribution >= 0.6 is 11.8 Å². The van der Waals surface area contributed by atoms with Gasteiger partial charge in [0.1, 0.15) is 5.82 Å². The van der Waals surface area contributed by atoms with E-state index in [0.29, 0.717) is 0 Å². The van der Waals surface area contributed by atoms with Crippen molar-refractivity contribution < 1.29 is 0 Å². The highest BCUT2D eigenvalue weighted by molar-refractivity contribution is 7.98. The minimum atomic E-state index is 0.727. The topological polar surface area (TPSA) is 54.7 Å². The molecule has 0 saturated carbocycles. The molecule has 0 amide bonds. The quantitative estimate of drug-likeness (QED) is 0.786. The molecule has 3 nitrogen and oxygen atoms in total. The van der Waals surface area contributed by atoms with Gasteiger partial charge in [0.15, 0.2) is 0 Å². The summed E-state index contributed by atoms with van der Waals surface area (Å²) in [7, 11) is 0. The van der Waals surface area contributed by atoms with Gasteiger partial charge in [-0.2, -0.15) is 11.8 Å². The Morgan fingerprint density at radius 2 is 2.06 bits per heavy atom. The lowest BCUT2D eigenvalue weighted by Crippen LogP contribution is -2.01. The summed E-state index contributed by atoms with van der Waals surface area (Å²) in [5, 5.41) is 0. The van der Waals surface area contributed by atoms with Crippen LogP contribution in [-0.4, -0.2) is 22.3 Å². The number of benzene rings is 1. The maximum absolute atomic E-state index is 5.49. The molecule has 96 valence electrons. The van der Waals surface area contributed by atoms with Crippen molar-refractivity contribution in [3.63, 3.8) is 0 Å². The zero-order valence-electron chi connectivity index (χ0n) is 10.6. The third kappa shape index (κ3) is 3.62. The Kier molecular flexibility index (Phi) is 4.84. The van der Waals surface area contributed by atoms with E-state index in [1.807, 2.05) is 17.8 Å². The molecule has 0 radical (unpaired) electrons. The second-order valence-corrected chi connectivity index (χ2v) is 5.36. The van der Waals surface area contributed by atoms with Crippen LogP contribution in [0.5, 0.6) is 0 Å². The van der Waals surface area contributed by atoms with Crippen LogP contribution in [-0.2, 0) is 12.2 Å². The van der Waals surface area contributed by atoms with Crippen LogP contribution in [0.4, 0.5) is 0 Å². The number of rotatable bonds is 6. The molecule has 1 aromatic carbocycles. The molecule has 1 aromatic heterocycles. The molecule has 0 spiro atoms. The standard InChI is InChI=1S/C14H19N3S/c1-11-13(10-18-8-7-15)17-14(16-11)9-12-5-3-2-4-6-12/h2-6H,7-10,15H2,1H3,(H,16,17). The van der Waals surface area contributed by atoms with E-state index in [9.17, 15) is 0 Å². The molecule has 0 unspecified atom stereocenters. The highest BCUT2D eigenvalue weighted by Crippen LogP contribution is 2.15. The Labute approximate surface area is 112 Å². The van der Waals surface area contributed by atoms with Crippen molar-refractivity contribution >= 4 is 11.8 Å². The van der Waals surface area contributed by atoms with E-state index in [-0.39, 0.29) is 0 Å². The molecular weight excluding hydrogens is 242 g/mol. The molecule has 0 atom stereocenters. The predicted octanol–water partition coefficient (Wildman–Crippen LogP) is 2.50. The minimum absolute atomic E-state index is 0.727. The number of aromatic nitrogens is 2. The van der Waals surface area contributed by atoms with Gasteiger partial charge in [-0.15, -0.1) is 0 Å². The highest BCUT2D eigenvalue weighted by atomic mass is 32.2. The first kappa shape index (κ1) is 13.2. The van der Waals surface area contributed by atoms with Gasteiger partial charge in [-0.05, 0) is 12.5 Å². The summed E-state index contributed by atoms with van der Waals surface area (Å²) in [6.07, 6.45) is 0.864. The molecule has 0 bridgehead atoms. The molecule has 0 saturated heterocycles. The van der Waals surface area contributed by atoms with Gasteiger partial charge < -0.3 is 10.7 Å². The van der Waals surface area contributed by atoms with Crippen LogP contribution in [0.3, 0.4) is 0 Å². The molecular formula is C14H19N3S. The van der Waals surface area contributed by atoms with Crippen molar-refractivity contribution in [2.45, 2.75) is 19.1 Å². The summed E-state index contributed by atoms with van der Waals surface area (Å²) >= 11 is 1.83. The number of hydrogen-bond donors (Lipinski definition) is 2. The summed E-state index contributed by atoms with van der Waals surface area (Å²) in [6, 6.07) is 10.4. The van der Waals surface area contributed by atoms with E-state index in [1.54, 1.807) is 0 Å². The number of aromatic amines is 1. The van der Waals surface area contributed by atoms with Gasteiger partial charge in [0.25, 0.3) is 0 Å². The van der Waals surface area contributed by atoms with Crippen molar-refractivity contribution in [3.8, 4) is 0 Å². The Hall–Kier alpha value is -1.26. The molecule has 0 aliphatic heterocycles. The fourth-order valence-electron chi connectivity index (χ4n) is 1.83. The molecule has 2 aromatic rings. The summed E-state index contributed by atoms with van der Waals surface area (Å²) in [4.78, 5) is 8.02. The van der Waals surface area contributed by atoms with Crippen LogP contribution in [0.25, 0.3) is 0 Å². The highest BCUT2D eigenvalue weighted by Gasteiger charge is 2.07. The van der Waals surface area contributed by atoms with Crippen LogP contribution in [0.15, 0.2) is 30.3 Å². The fraction of sp³-hybridized carbons (Fsp3) is 0.357. The molecule has 4 heteroatoms. The van der Waals surface area contributed by atoms with Crippen LogP contribution in [0, 0.1) is 6.92 Å². The van der Waals surface area contributed by atoms with Gasteiger partial charge in [0.05, 0.1) is 5.69 Å². The van der Waals surface area contributed by atoms with Crippen molar-refractivity contribution in [2.24, 2.45) is 5.73 Å². The molecule has 2 rings (SSSR count). The first-order chi connectivity index (χ1) is 8.79. The van der Waals surface area contributed by atoms with Crippen molar-refractivity contribution in [1.82, 2.24) is 9.97 Å². The third-order valence-corrected chi connectivity index (χ3v) is 3.75. The summed E-state index contributed by atoms with van der Waals surface area (Å²) in [5.74, 6) is 2.97. The lowest BCUT2D eigenvalue weighted by Gasteiger charge is -1.97. The van der Waals surface area contributed by atoms with Gasteiger partial charge in [0.2, 0.25) is 0 Å². The third-order valence-electron chi connectivity index (χ3n) is 2.75. The summed E-state index contributed by atoms with van der Waals surface area (Å²) < 4.78 is 0. The van der Waals surface area contributed by atoms with Crippen LogP contribution < -0.4 is 5.73 Å². The zero-order valence-corrected chi connectivity index (χ0v) is 11.5. The Morgan fingerprint density at radius 1 is 1.28 bits per heavy atom. The Balaban J connectivity index is 2.00. The first-order valence-electron chi connectivity index (χ1n) is 6.15. The Bertz CT molecular complexity index is 479. The zero-order chi connectivity index (χ0) is 12.8. The van der Waals surface area contributed by atoms with E-state index >= 15 is 0 Å². The van der Waals surface area contributed by atoms with Crippen LogP contribution in [0.2, 0.25) is 0 Å². The van der Waals surface area contributed by atoms with E-state index in [2.05, 4.69) is 41.2 Å². The molecule has 3 N–H and O–H groups in total. The summed E-state index contributed by atoms with van der Waals surface area (Å²) in [6.45, 7) is 2.81. The minimum Gasteiger partial charge on any atom is -0.346 e. The maximum Gasteiger partial charge on any atom is 0.111 e. The van der Waals surface area contributed by atoms with Gasteiger partial charge in [-0.25, -0.2) is 4.98 Å². The SMILES string of the molecule is Cc1[nH]c(Cc2ccccc2)nc1CSCCN. The van der Waals surface area contributed by atoms with Gasteiger partial charge in [-0.1, -0.05) is 30.3 Å². The van der Waals surface area contributed by atoms with Crippen molar-refractivity contribution in [1.29, 1.82) is 0 Å². The number of thioether (sulfide) groups is 1. The number of hydrogen-bond acceptors (Lipinski definition) is 3. The molecule has 0 aliphatic carbocycles. The Morgan fingerprint density at radius 3 is 2.78 bits per heavy atom. The predicted molar refractivity (Wildman–Crippen MR) is 77.8 cm³/mol. The monoisotopic (exact) mass is 261 g/mol. The average Bonchev–Trinajstić information content (AvgIpc) is 2.71. The average molecular weight is 261 g/mol. The van der Waals surface area contributed by atoms with E-state index < -0.39 is 0 Å². The number of nitrogens with two attached hydrogens (primary N) is 1. The second-order valence-electron chi connectivity index (χ2n) is 4.26. The first-order valence-corrected chi connectivity index (χ1v) is 7.31. The maximum atomic E-state index is 5.49. The fourth-order valence-corrected chi connectivity index (χ4v) is 2.61. The normalized spacial score (nSPS) is 10.8. The van der Waals surface area contributed by atoms with Gasteiger partial charge in [0, 0.05) is 30.2 Å². The summed E-state index contributed by atoms with van der Waals surface area (Å²) in [5.41, 5.74) is 9.10. The van der Waals surface area contributed by atoms with Gasteiger partial charge >= 0.3 is 0 Å². The van der Waals surface area contributed by atoms with Crippen molar-refractivity contribution in [2.75, 3.05) is 12.3 Å². The lowest BCUT2D eigenvalue weighted by molar-refractivity contribution is 1.01. The smallest absolute Gasteiger partial charge is 0.111 e. The van der Waals surface area contributed by atoms with Gasteiger partial charge in [-0.3, -0.25) is 0 Å². The second kappa shape index (κ2) is 6.61. The number of H-pyrrole nitrogens is 1. The number of nitrogens with one attached hydrogen (secondary N) is 1. The van der Waals surface area contributed by atoms with E-state index in [0.717, 1.165) is 36.0 Å². The molecule has 0 fully saturated rings. The largest absolute Gasteiger partial charge is 0.346 e. The molecule has 1 heterocycles. The van der Waals surface area contributed by atoms with Crippen LogP contribution in [0.1, 0.15) is 22.8 Å². The lowest BCUT2D eigenvalue weighted by atomic mass is 10.1. The van der Waals surface area contributed by atoms with Crippen molar-refractivity contribution in [3.05, 3.63) is 53.1 Å². The molecule has 0 aliphatic rings.